The van der Waals surface area contributed by atoms with Gasteiger partial charge in [0.2, 0.25) is 0 Å². The Balaban J connectivity index is 2.45. The van der Waals surface area contributed by atoms with Crippen LogP contribution >= 0.6 is 11.3 Å². The number of aromatic nitrogens is 2. The molecule has 84 valence electrons. The van der Waals surface area contributed by atoms with Gasteiger partial charge in [-0.15, -0.1) is 11.3 Å². The third-order valence-electron chi connectivity index (χ3n) is 2.28. The fourth-order valence-corrected chi connectivity index (χ4v) is 2.40. The van der Waals surface area contributed by atoms with E-state index in [9.17, 15) is 0 Å². The highest BCUT2D eigenvalue weighted by Gasteiger charge is 2.08. The zero-order valence-corrected chi connectivity index (χ0v) is 10.6. The van der Waals surface area contributed by atoms with Crippen molar-refractivity contribution >= 4 is 17.2 Å². The third-order valence-corrected chi connectivity index (χ3v) is 3.29. The van der Waals surface area contributed by atoms with E-state index in [4.69, 9.17) is 0 Å². The number of nitrogens with zero attached hydrogens (tertiary/aromatic N) is 2. The van der Waals surface area contributed by atoms with Crippen molar-refractivity contribution in [3.63, 3.8) is 0 Å². The number of nitrogens with one attached hydrogen (secondary N) is 1. The third kappa shape index (κ3) is 2.22. The van der Waals surface area contributed by atoms with Crippen molar-refractivity contribution in [2.24, 2.45) is 0 Å². The van der Waals surface area contributed by atoms with Crippen molar-refractivity contribution in [2.75, 3.05) is 11.9 Å². The summed E-state index contributed by atoms with van der Waals surface area (Å²) in [5.41, 5.74) is 2.23. The van der Waals surface area contributed by atoms with Crippen molar-refractivity contribution in [3.8, 4) is 10.7 Å². The van der Waals surface area contributed by atoms with Crippen LogP contribution in [-0.4, -0.2) is 16.5 Å². The molecule has 1 N–H and O–H groups in total. The van der Waals surface area contributed by atoms with Crippen molar-refractivity contribution in [3.05, 3.63) is 28.8 Å². The van der Waals surface area contributed by atoms with Crippen LogP contribution in [0.1, 0.15) is 18.2 Å². The number of rotatable bonds is 3. The first kappa shape index (κ1) is 11.1. The summed E-state index contributed by atoms with van der Waals surface area (Å²) in [4.78, 5) is 10.1. The van der Waals surface area contributed by atoms with Gasteiger partial charge in [-0.1, -0.05) is 0 Å². The second-order valence-electron chi connectivity index (χ2n) is 3.68. The molecule has 2 aromatic rings. The van der Waals surface area contributed by atoms with Crippen LogP contribution < -0.4 is 5.32 Å². The van der Waals surface area contributed by atoms with Gasteiger partial charge in [0, 0.05) is 18.3 Å². The molecular formula is C12H15N3S. The maximum atomic E-state index is 4.51. The monoisotopic (exact) mass is 233 g/mol. The summed E-state index contributed by atoms with van der Waals surface area (Å²) in [6.07, 6.45) is 0. The molecule has 0 saturated carbocycles. The molecule has 0 radical (unpaired) electrons. The van der Waals surface area contributed by atoms with Crippen LogP contribution in [0.25, 0.3) is 10.7 Å². The molecule has 0 fully saturated rings. The lowest BCUT2D eigenvalue weighted by molar-refractivity contribution is 1.08. The van der Waals surface area contributed by atoms with Crippen molar-refractivity contribution in [1.29, 1.82) is 0 Å². The highest BCUT2D eigenvalue weighted by atomic mass is 32.1. The Morgan fingerprint density at radius 2 is 2.12 bits per heavy atom. The Kier molecular flexibility index (Phi) is 3.19. The molecule has 0 amide bonds. The van der Waals surface area contributed by atoms with Gasteiger partial charge in [0.15, 0.2) is 5.82 Å². The van der Waals surface area contributed by atoms with Crippen LogP contribution in [0.2, 0.25) is 0 Å². The fraction of sp³-hybridized carbons (Fsp3) is 0.333. The molecule has 0 spiro atoms. The zero-order chi connectivity index (χ0) is 11.5. The molecule has 0 aromatic carbocycles. The highest BCUT2D eigenvalue weighted by molar-refractivity contribution is 7.13. The van der Waals surface area contributed by atoms with Crippen LogP contribution in [0.4, 0.5) is 5.82 Å². The molecule has 4 heteroatoms. The molecule has 0 aliphatic carbocycles. The minimum absolute atomic E-state index is 0.823. The number of anilines is 1. The molecular weight excluding hydrogens is 218 g/mol. The maximum absolute atomic E-state index is 4.51. The second kappa shape index (κ2) is 4.61. The Bertz CT molecular complexity index is 491. The zero-order valence-electron chi connectivity index (χ0n) is 9.74. The molecule has 2 rings (SSSR count). The van der Waals surface area contributed by atoms with E-state index in [1.807, 2.05) is 13.0 Å². The first-order valence-electron chi connectivity index (χ1n) is 5.34. The number of hydrogen-bond acceptors (Lipinski definition) is 4. The largest absolute Gasteiger partial charge is 0.370 e. The minimum atomic E-state index is 0.823. The minimum Gasteiger partial charge on any atom is -0.370 e. The van der Waals surface area contributed by atoms with Gasteiger partial charge >= 0.3 is 0 Å². The molecule has 3 nitrogen and oxygen atoms in total. The summed E-state index contributed by atoms with van der Waals surface area (Å²) in [6.45, 7) is 7.02. The van der Waals surface area contributed by atoms with Gasteiger partial charge in [-0.05, 0) is 37.8 Å². The molecule has 0 aliphatic heterocycles. The van der Waals surface area contributed by atoms with Gasteiger partial charge in [0.1, 0.15) is 5.82 Å². The lowest BCUT2D eigenvalue weighted by Gasteiger charge is -2.06. The number of thiophene rings is 1. The predicted octanol–water partition coefficient (Wildman–Crippen LogP) is 3.25. The van der Waals surface area contributed by atoms with Crippen LogP contribution in [-0.2, 0) is 0 Å². The Morgan fingerprint density at radius 1 is 1.31 bits per heavy atom. The molecule has 0 unspecified atom stereocenters. The lowest BCUT2D eigenvalue weighted by atomic mass is 10.3. The summed E-state index contributed by atoms with van der Waals surface area (Å²) in [5, 5.41) is 5.30. The van der Waals surface area contributed by atoms with Crippen LogP contribution in [0.5, 0.6) is 0 Å². The second-order valence-corrected chi connectivity index (χ2v) is 4.60. The van der Waals surface area contributed by atoms with Crippen LogP contribution in [0.3, 0.4) is 0 Å². The predicted molar refractivity (Wildman–Crippen MR) is 69.0 cm³/mol. The van der Waals surface area contributed by atoms with Crippen LogP contribution in [0, 0.1) is 13.8 Å². The molecule has 0 saturated heterocycles. The first-order valence-corrected chi connectivity index (χ1v) is 6.22. The standard InChI is InChI=1S/C12H15N3S/c1-4-13-10-7-9(3)14-12(15-10)11-8(2)5-6-16-11/h5-7H,4H2,1-3H3,(H,13,14,15). The van der Waals surface area contributed by atoms with E-state index in [2.05, 4.69) is 40.6 Å². The average molecular weight is 233 g/mol. The van der Waals surface area contributed by atoms with Crippen molar-refractivity contribution < 1.29 is 0 Å². The Labute approximate surface area is 99.6 Å². The number of hydrogen-bond donors (Lipinski definition) is 1. The SMILES string of the molecule is CCNc1cc(C)nc(-c2sccc2C)n1. The van der Waals surface area contributed by atoms with Gasteiger partial charge in [-0.3, -0.25) is 0 Å². The summed E-state index contributed by atoms with van der Waals surface area (Å²) in [6, 6.07) is 4.06. The molecule has 0 bridgehead atoms. The lowest BCUT2D eigenvalue weighted by Crippen LogP contribution is -2.02. The summed E-state index contributed by atoms with van der Waals surface area (Å²) < 4.78 is 0. The van der Waals surface area contributed by atoms with Crippen molar-refractivity contribution in [1.82, 2.24) is 9.97 Å². The van der Waals surface area contributed by atoms with Gasteiger partial charge in [-0.2, -0.15) is 0 Å². The smallest absolute Gasteiger partial charge is 0.172 e. The molecule has 16 heavy (non-hydrogen) atoms. The van der Waals surface area contributed by atoms with E-state index in [0.29, 0.717) is 0 Å². The quantitative estimate of drug-likeness (QED) is 0.884. The molecule has 0 atom stereocenters. The van der Waals surface area contributed by atoms with Gasteiger partial charge in [0.05, 0.1) is 4.88 Å². The van der Waals surface area contributed by atoms with E-state index < -0.39 is 0 Å². The van der Waals surface area contributed by atoms with E-state index in [1.54, 1.807) is 11.3 Å². The van der Waals surface area contributed by atoms with Crippen LogP contribution in [0.15, 0.2) is 17.5 Å². The molecule has 2 aromatic heterocycles. The Hall–Kier alpha value is -1.42. The average Bonchev–Trinajstić information content (AvgIpc) is 2.64. The van der Waals surface area contributed by atoms with E-state index in [0.717, 1.165) is 28.8 Å². The summed E-state index contributed by atoms with van der Waals surface area (Å²) in [7, 11) is 0. The maximum Gasteiger partial charge on any atom is 0.172 e. The van der Waals surface area contributed by atoms with Gasteiger partial charge < -0.3 is 5.32 Å². The van der Waals surface area contributed by atoms with E-state index in [1.165, 1.54) is 5.56 Å². The topological polar surface area (TPSA) is 37.8 Å². The normalized spacial score (nSPS) is 10.4. The summed E-state index contributed by atoms with van der Waals surface area (Å²) >= 11 is 1.69. The highest BCUT2D eigenvalue weighted by Crippen LogP contribution is 2.27. The van der Waals surface area contributed by atoms with Gasteiger partial charge in [-0.25, -0.2) is 9.97 Å². The van der Waals surface area contributed by atoms with E-state index >= 15 is 0 Å². The first-order chi connectivity index (χ1) is 7.70. The van der Waals surface area contributed by atoms with Gasteiger partial charge in [0.25, 0.3) is 0 Å². The molecule has 0 aliphatic rings. The Morgan fingerprint density at radius 3 is 2.75 bits per heavy atom. The summed E-state index contributed by atoms with van der Waals surface area (Å²) in [5.74, 6) is 1.72. The van der Waals surface area contributed by atoms with Crippen molar-refractivity contribution in [2.45, 2.75) is 20.8 Å². The van der Waals surface area contributed by atoms with E-state index in [-0.39, 0.29) is 0 Å². The molecule has 2 heterocycles. The fourth-order valence-electron chi connectivity index (χ4n) is 1.54. The number of aryl methyl sites for hydroxylation is 2.